The Bertz CT molecular complexity index is 466. The van der Waals surface area contributed by atoms with Crippen LogP contribution in [0.15, 0.2) is 24.3 Å². The van der Waals surface area contributed by atoms with Gasteiger partial charge >= 0.3 is 0 Å². The van der Waals surface area contributed by atoms with E-state index in [-0.39, 0.29) is 0 Å². The van der Waals surface area contributed by atoms with Crippen molar-refractivity contribution in [2.24, 2.45) is 0 Å². The van der Waals surface area contributed by atoms with Crippen LogP contribution >= 0.6 is 0 Å². The molecule has 2 heterocycles. The molecule has 0 saturated carbocycles. The molecule has 2 aliphatic heterocycles. The zero-order valence-electron chi connectivity index (χ0n) is 11.6. The van der Waals surface area contributed by atoms with Gasteiger partial charge in [-0.25, -0.2) is 0 Å². The first-order valence-electron chi connectivity index (χ1n) is 7.36. The Morgan fingerprint density at radius 2 is 2.00 bits per heavy atom. The lowest BCUT2D eigenvalue weighted by molar-refractivity contribution is -0.139. The predicted octanol–water partition coefficient (Wildman–Crippen LogP) is 2.06. The van der Waals surface area contributed by atoms with Crippen LogP contribution in [0.4, 0.5) is 0 Å². The van der Waals surface area contributed by atoms with Crippen LogP contribution in [-0.4, -0.2) is 41.4 Å². The van der Waals surface area contributed by atoms with E-state index in [0.29, 0.717) is 18.4 Å². The van der Waals surface area contributed by atoms with Crippen LogP contribution in [0.5, 0.6) is 0 Å². The molecule has 0 atom stereocenters. The standard InChI is InChI=1S/C16H22N2O/c1-2-5-16(19)18-11-15(12-18)17-9-8-13-6-3-4-7-14(13)10-17/h3-4,6-7,15H,2,5,8-12H2,1H3. The van der Waals surface area contributed by atoms with E-state index in [1.807, 2.05) is 4.90 Å². The molecule has 0 spiro atoms. The molecule has 0 bridgehead atoms. The molecule has 1 fully saturated rings. The third kappa shape index (κ3) is 2.52. The van der Waals surface area contributed by atoms with Crippen molar-refractivity contribution in [2.45, 2.75) is 38.8 Å². The van der Waals surface area contributed by atoms with E-state index in [2.05, 4.69) is 36.1 Å². The highest BCUT2D eigenvalue weighted by Crippen LogP contribution is 2.24. The van der Waals surface area contributed by atoms with Gasteiger partial charge in [-0.1, -0.05) is 31.2 Å². The van der Waals surface area contributed by atoms with E-state index in [9.17, 15) is 4.79 Å². The van der Waals surface area contributed by atoms with Gasteiger partial charge in [0.2, 0.25) is 5.91 Å². The second kappa shape index (κ2) is 5.33. The fourth-order valence-electron chi connectivity index (χ4n) is 3.09. The lowest BCUT2D eigenvalue weighted by atomic mass is 9.96. The second-order valence-electron chi connectivity index (χ2n) is 5.69. The first kappa shape index (κ1) is 12.7. The summed E-state index contributed by atoms with van der Waals surface area (Å²) < 4.78 is 0. The molecule has 0 radical (unpaired) electrons. The van der Waals surface area contributed by atoms with Gasteiger partial charge in [0.1, 0.15) is 0 Å². The van der Waals surface area contributed by atoms with Crippen LogP contribution < -0.4 is 0 Å². The molecule has 2 aliphatic rings. The van der Waals surface area contributed by atoms with Crippen molar-refractivity contribution in [1.29, 1.82) is 0 Å². The summed E-state index contributed by atoms with van der Waals surface area (Å²) in [5, 5.41) is 0. The normalized spacial score (nSPS) is 19.9. The van der Waals surface area contributed by atoms with E-state index in [0.717, 1.165) is 39.0 Å². The van der Waals surface area contributed by atoms with Gasteiger partial charge in [-0.05, 0) is 24.0 Å². The van der Waals surface area contributed by atoms with Gasteiger partial charge in [0.25, 0.3) is 0 Å². The van der Waals surface area contributed by atoms with E-state index < -0.39 is 0 Å². The van der Waals surface area contributed by atoms with Gasteiger partial charge in [-0.2, -0.15) is 0 Å². The fraction of sp³-hybridized carbons (Fsp3) is 0.562. The summed E-state index contributed by atoms with van der Waals surface area (Å²) in [6, 6.07) is 9.31. The van der Waals surface area contributed by atoms with Crippen molar-refractivity contribution in [2.75, 3.05) is 19.6 Å². The Labute approximate surface area is 115 Å². The third-order valence-electron chi connectivity index (χ3n) is 4.36. The number of hydrogen-bond donors (Lipinski definition) is 0. The monoisotopic (exact) mass is 258 g/mol. The van der Waals surface area contributed by atoms with Crippen LogP contribution in [-0.2, 0) is 17.8 Å². The highest BCUT2D eigenvalue weighted by Gasteiger charge is 2.35. The molecule has 0 aromatic heterocycles. The smallest absolute Gasteiger partial charge is 0.222 e. The van der Waals surface area contributed by atoms with E-state index >= 15 is 0 Å². The van der Waals surface area contributed by atoms with Gasteiger partial charge in [0, 0.05) is 38.6 Å². The Morgan fingerprint density at radius 1 is 1.26 bits per heavy atom. The molecule has 1 saturated heterocycles. The van der Waals surface area contributed by atoms with Gasteiger partial charge < -0.3 is 4.90 Å². The topological polar surface area (TPSA) is 23.6 Å². The number of hydrogen-bond acceptors (Lipinski definition) is 2. The summed E-state index contributed by atoms with van der Waals surface area (Å²) in [6.07, 6.45) is 2.81. The molecule has 3 nitrogen and oxygen atoms in total. The Morgan fingerprint density at radius 3 is 2.74 bits per heavy atom. The molecule has 1 amide bonds. The number of carbonyl (C=O) groups excluding carboxylic acids is 1. The van der Waals surface area contributed by atoms with Crippen LogP contribution in [0, 0.1) is 0 Å². The lowest BCUT2D eigenvalue weighted by Crippen LogP contribution is -2.61. The van der Waals surface area contributed by atoms with Crippen LogP contribution in [0.3, 0.4) is 0 Å². The number of amides is 1. The first-order chi connectivity index (χ1) is 9.28. The average Bonchev–Trinajstić information content (AvgIpc) is 2.37. The summed E-state index contributed by atoms with van der Waals surface area (Å²) in [5.41, 5.74) is 2.96. The number of nitrogens with zero attached hydrogens (tertiary/aromatic N) is 2. The molecular formula is C16H22N2O. The van der Waals surface area contributed by atoms with Gasteiger partial charge in [-0.3, -0.25) is 9.69 Å². The molecule has 1 aromatic carbocycles. The summed E-state index contributed by atoms with van der Waals surface area (Å²) in [5.74, 6) is 0.330. The molecule has 3 rings (SSSR count). The predicted molar refractivity (Wildman–Crippen MR) is 75.8 cm³/mol. The van der Waals surface area contributed by atoms with Crippen LogP contribution in [0.1, 0.15) is 30.9 Å². The van der Waals surface area contributed by atoms with Crippen LogP contribution in [0.2, 0.25) is 0 Å². The molecule has 0 aliphatic carbocycles. The lowest BCUT2D eigenvalue weighted by Gasteiger charge is -2.47. The van der Waals surface area contributed by atoms with E-state index in [1.54, 1.807) is 0 Å². The minimum Gasteiger partial charge on any atom is -0.339 e. The quantitative estimate of drug-likeness (QED) is 0.828. The highest BCUT2D eigenvalue weighted by atomic mass is 16.2. The SMILES string of the molecule is CCCC(=O)N1CC(N2CCc3ccccc3C2)C1. The van der Waals surface area contributed by atoms with Gasteiger partial charge in [-0.15, -0.1) is 0 Å². The Balaban J connectivity index is 1.55. The van der Waals surface area contributed by atoms with Crippen molar-refractivity contribution in [3.05, 3.63) is 35.4 Å². The number of rotatable bonds is 3. The van der Waals surface area contributed by atoms with Crippen molar-refractivity contribution in [1.82, 2.24) is 9.80 Å². The summed E-state index contributed by atoms with van der Waals surface area (Å²) in [6.45, 7) is 6.12. The minimum atomic E-state index is 0.330. The average molecular weight is 258 g/mol. The highest BCUT2D eigenvalue weighted by molar-refractivity contribution is 5.77. The molecule has 0 unspecified atom stereocenters. The van der Waals surface area contributed by atoms with Gasteiger partial charge in [0.05, 0.1) is 0 Å². The van der Waals surface area contributed by atoms with Crippen molar-refractivity contribution < 1.29 is 4.79 Å². The molecular weight excluding hydrogens is 236 g/mol. The van der Waals surface area contributed by atoms with Crippen molar-refractivity contribution >= 4 is 5.91 Å². The Kier molecular flexibility index (Phi) is 3.56. The summed E-state index contributed by atoms with van der Waals surface area (Å²) >= 11 is 0. The fourth-order valence-corrected chi connectivity index (χ4v) is 3.09. The zero-order valence-corrected chi connectivity index (χ0v) is 11.6. The zero-order chi connectivity index (χ0) is 13.2. The maximum Gasteiger partial charge on any atom is 0.222 e. The van der Waals surface area contributed by atoms with Gasteiger partial charge in [0.15, 0.2) is 0 Å². The summed E-state index contributed by atoms with van der Waals surface area (Å²) in [7, 11) is 0. The maximum atomic E-state index is 11.8. The summed E-state index contributed by atoms with van der Waals surface area (Å²) in [4.78, 5) is 16.3. The molecule has 19 heavy (non-hydrogen) atoms. The molecule has 102 valence electrons. The second-order valence-corrected chi connectivity index (χ2v) is 5.69. The molecule has 0 N–H and O–H groups in total. The molecule has 1 aromatic rings. The van der Waals surface area contributed by atoms with Crippen molar-refractivity contribution in [3.63, 3.8) is 0 Å². The molecule has 3 heteroatoms. The van der Waals surface area contributed by atoms with Crippen LogP contribution in [0.25, 0.3) is 0 Å². The maximum absolute atomic E-state index is 11.8. The first-order valence-corrected chi connectivity index (χ1v) is 7.36. The number of likely N-dealkylation sites (tertiary alicyclic amines) is 1. The third-order valence-corrected chi connectivity index (χ3v) is 4.36. The Hall–Kier alpha value is -1.35. The van der Waals surface area contributed by atoms with E-state index in [1.165, 1.54) is 11.1 Å². The number of carbonyl (C=O) groups is 1. The minimum absolute atomic E-state index is 0.330. The largest absolute Gasteiger partial charge is 0.339 e. The van der Waals surface area contributed by atoms with E-state index in [4.69, 9.17) is 0 Å². The number of benzene rings is 1. The number of fused-ring (bicyclic) bond motifs is 1. The van der Waals surface area contributed by atoms with Crippen molar-refractivity contribution in [3.8, 4) is 0 Å².